The predicted molar refractivity (Wildman–Crippen MR) is 87.9 cm³/mol. The van der Waals surface area contributed by atoms with E-state index in [1.165, 1.54) is 19.3 Å². The maximum absolute atomic E-state index is 5.51. The third kappa shape index (κ3) is 2.45. The van der Waals surface area contributed by atoms with Gasteiger partial charge in [-0.05, 0) is 37.8 Å². The Balaban J connectivity index is 2.14. The van der Waals surface area contributed by atoms with Crippen LogP contribution in [-0.2, 0) is 0 Å². The molecule has 0 bridgehead atoms. The predicted octanol–water partition coefficient (Wildman–Crippen LogP) is 3.42. The summed E-state index contributed by atoms with van der Waals surface area (Å²) in [4.78, 5) is 11.4. The van der Waals surface area contributed by atoms with Crippen molar-refractivity contribution in [3.63, 3.8) is 0 Å². The van der Waals surface area contributed by atoms with Crippen molar-refractivity contribution in [1.29, 1.82) is 0 Å². The molecule has 0 N–H and O–H groups in total. The van der Waals surface area contributed by atoms with Crippen molar-refractivity contribution < 1.29 is 9.47 Å². The van der Waals surface area contributed by atoms with Crippen molar-refractivity contribution in [2.45, 2.75) is 38.6 Å². The summed E-state index contributed by atoms with van der Waals surface area (Å²) in [6.07, 6.45) is 6.51. The third-order valence-electron chi connectivity index (χ3n) is 4.50. The maximum Gasteiger partial charge on any atom is 0.187 e. The van der Waals surface area contributed by atoms with Crippen molar-refractivity contribution in [2.75, 3.05) is 25.7 Å². The standard InChI is InChI=1S/C17H23N3O2/c1-4-12-7-5-6-10-20(12)17-13-8-9-14(21-2)16(22-3)15(13)18-11-19-17/h8-9,11-12H,4-7,10H2,1-3H3. The number of nitrogens with zero attached hydrogens (tertiary/aromatic N) is 3. The van der Waals surface area contributed by atoms with Crippen LogP contribution >= 0.6 is 0 Å². The number of ether oxygens (including phenoxy) is 2. The van der Waals surface area contributed by atoms with Crippen molar-refractivity contribution in [3.8, 4) is 11.5 Å². The highest BCUT2D eigenvalue weighted by Crippen LogP contribution is 2.38. The zero-order chi connectivity index (χ0) is 15.5. The molecule has 0 spiro atoms. The smallest absolute Gasteiger partial charge is 0.187 e. The monoisotopic (exact) mass is 301 g/mol. The second-order valence-electron chi connectivity index (χ2n) is 5.65. The number of anilines is 1. The number of piperidine rings is 1. The summed E-state index contributed by atoms with van der Waals surface area (Å²) in [5.41, 5.74) is 0.812. The Hall–Kier alpha value is -2.04. The van der Waals surface area contributed by atoms with E-state index in [1.807, 2.05) is 12.1 Å². The molecule has 0 saturated carbocycles. The Kier molecular flexibility index (Phi) is 4.32. The van der Waals surface area contributed by atoms with Crippen LogP contribution in [0, 0.1) is 0 Å². The first kappa shape index (κ1) is 14.9. The highest BCUT2D eigenvalue weighted by atomic mass is 16.5. The van der Waals surface area contributed by atoms with Crippen LogP contribution in [0.15, 0.2) is 18.5 Å². The molecule has 5 heteroatoms. The summed E-state index contributed by atoms with van der Waals surface area (Å²) >= 11 is 0. The molecule has 0 radical (unpaired) electrons. The van der Waals surface area contributed by atoms with E-state index >= 15 is 0 Å². The van der Waals surface area contributed by atoms with Crippen LogP contribution in [0.1, 0.15) is 32.6 Å². The lowest BCUT2D eigenvalue weighted by atomic mass is 9.99. The van der Waals surface area contributed by atoms with E-state index in [9.17, 15) is 0 Å². The molecule has 5 nitrogen and oxygen atoms in total. The lowest BCUT2D eigenvalue weighted by molar-refractivity contribution is 0.358. The van der Waals surface area contributed by atoms with Gasteiger partial charge in [-0.3, -0.25) is 0 Å². The molecule has 1 saturated heterocycles. The molecule has 1 aromatic carbocycles. The van der Waals surface area contributed by atoms with Gasteiger partial charge in [0.05, 0.1) is 14.2 Å². The summed E-state index contributed by atoms with van der Waals surface area (Å²) in [7, 11) is 3.29. The molecule has 2 heterocycles. The van der Waals surface area contributed by atoms with Crippen LogP contribution in [0.3, 0.4) is 0 Å². The molecule has 1 unspecified atom stereocenters. The van der Waals surface area contributed by atoms with Crippen LogP contribution in [-0.4, -0.2) is 36.8 Å². The second-order valence-corrected chi connectivity index (χ2v) is 5.65. The number of benzene rings is 1. The lowest BCUT2D eigenvalue weighted by Crippen LogP contribution is -2.39. The quantitative estimate of drug-likeness (QED) is 0.866. The number of methoxy groups -OCH3 is 2. The van der Waals surface area contributed by atoms with E-state index in [4.69, 9.17) is 9.47 Å². The van der Waals surface area contributed by atoms with Crippen LogP contribution in [0.5, 0.6) is 11.5 Å². The Morgan fingerprint density at radius 2 is 2.05 bits per heavy atom. The van der Waals surface area contributed by atoms with E-state index in [2.05, 4.69) is 21.8 Å². The van der Waals surface area contributed by atoms with Crippen molar-refractivity contribution in [2.24, 2.45) is 0 Å². The van der Waals surface area contributed by atoms with Gasteiger partial charge in [0.2, 0.25) is 0 Å². The summed E-state index contributed by atoms with van der Waals surface area (Å²) in [6, 6.07) is 4.52. The molecule has 0 aliphatic carbocycles. The molecule has 2 aromatic rings. The van der Waals surface area contributed by atoms with E-state index in [1.54, 1.807) is 20.5 Å². The first-order chi connectivity index (χ1) is 10.8. The molecule has 0 amide bonds. The average molecular weight is 301 g/mol. The van der Waals surface area contributed by atoms with E-state index in [0.29, 0.717) is 17.5 Å². The summed E-state index contributed by atoms with van der Waals surface area (Å²) in [5.74, 6) is 2.39. The number of hydrogen-bond acceptors (Lipinski definition) is 5. The van der Waals surface area contributed by atoms with Crippen LogP contribution in [0.4, 0.5) is 5.82 Å². The van der Waals surface area contributed by atoms with Gasteiger partial charge in [0.1, 0.15) is 17.7 Å². The minimum Gasteiger partial charge on any atom is -0.493 e. The molecule has 1 atom stereocenters. The summed E-state index contributed by atoms with van der Waals surface area (Å²) < 4.78 is 10.9. The molecule has 118 valence electrons. The van der Waals surface area contributed by atoms with Crippen LogP contribution in [0.25, 0.3) is 10.9 Å². The molecule has 22 heavy (non-hydrogen) atoms. The summed E-state index contributed by atoms with van der Waals surface area (Å²) in [5, 5.41) is 1.03. The van der Waals surface area contributed by atoms with E-state index < -0.39 is 0 Å². The van der Waals surface area contributed by atoms with Gasteiger partial charge in [-0.25, -0.2) is 9.97 Å². The zero-order valence-electron chi connectivity index (χ0n) is 13.5. The number of rotatable bonds is 4. The Labute approximate surface area is 131 Å². The van der Waals surface area contributed by atoms with E-state index in [-0.39, 0.29) is 0 Å². The Bertz CT molecular complexity index is 660. The van der Waals surface area contributed by atoms with Gasteiger partial charge < -0.3 is 14.4 Å². The lowest BCUT2D eigenvalue weighted by Gasteiger charge is -2.36. The SMILES string of the molecule is CCC1CCCCN1c1ncnc2c(OC)c(OC)ccc12. The number of hydrogen-bond donors (Lipinski definition) is 0. The Morgan fingerprint density at radius 3 is 2.77 bits per heavy atom. The molecule has 1 fully saturated rings. The van der Waals surface area contributed by atoms with Gasteiger partial charge >= 0.3 is 0 Å². The van der Waals surface area contributed by atoms with Crippen molar-refractivity contribution in [1.82, 2.24) is 9.97 Å². The first-order valence-corrected chi connectivity index (χ1v) is 7.92. The van der Waals surface area contributed by atoms with Gasteiger partial charge in [-0.2, -0.15) is 0 Å². The van der Waals surface area contributed by atoms with Gasteiger partial charge in [0, 0.05) is 18.0 Å². The minimum atomic E-state index is 0.556. The third-order valence-corrected chi connectivity index (χ3v) is 4.50. The fourth-order valence-electron chi connectivity index (χ4n) is 3.36. The molecule has 3 rings (SSSR count). The molecule has 1 aliphatic rings. The fourth-order valence-corrected chi connectivity index (χ4v) is 3.36. The number of fused-ring (bicyclic) bond motifs is 1. The second kappa shape index (κ2) is 6.38. The average Bonchev–Trinajstić information content (AvgIpc) is 2.59. The molecule has 1 aromatic heterocycles. The highest BCUT2D eigenvalue weighted by Gasteiger charge is 2.24. The summed E-state index contributed by atoms with van der Waals surface area (Å²) in [6.45, 7) is 3.30. The van der Waals surface area contributed by atoms with Crippen molar-refractivity contribution in [3.05, 3.63) is 18.5 Å². The molecule has 1 aliphatic heterocycles. The fraction of sp³-hybridized carbons (Fsp3) is 0.529. The molecular weight excluding hydrogens is 278 g/mol. The Morgan fingerprint density at radius 1 is 1.18 bits per heavy atom. The number of aromatic nitrogens is 2. The van der Waals surface area contributed by atoms with Gasteiger partial charge in [0.25, 0.3) is 0 Å². The maximum atomic E-state index is 5.51. The van der Waals surface area contributed by atoms with E-state index in [0.717, 1.165) is 29.7 Å². The topological polar surface area (TPSA) is 47.5 Å². The zero-order valence-corrected chi connectivity index (χ0v) is 13.5. The van der Waals surface area contributed by atoms with Gasteiger partial charge in [-0.15, -0.1) is 0 Å². The van der Waals surface area contributed by atoms with Crippen LogP contribution < -0.4 is 14.4 Å². The largest absolute Gasteiger partial charge is 0.493 e. The van der Waals surface area contributed by atoms with Gasteiger partial charge in [-0.1, -0.05) is 6.92 Å². The normalized spacial score (nSPS) is 18.5. The van der Waals surface area contributed by atoms with Gasteiger partial charge in [0.15, 0.2) is 11.5 Å². The molecular formula is C17H23N3O2. The first-order valence-electron chi connectivity index (χ1n) is 7.92. The highest BCUT2D eigenvalue weighted by molar-refractivity contribution is 5.95. The van der Waals surface area contributed by atoms with Crippen LogP contribution in [0.2, 0.25) is 0 Å². The minimum absolute atomic E-state index is 0.556. The van der Waals surface area contributed by atoms with Crippen molar-refractivity contribution >= 4 is 16.7 Å².